The molecular formula is C26H32Cl2N2O3. The number of halogens is 2. The van der Waals surface area contributed by atoms with E-state index in [4.69, 9.17) is 27.9 Å². The summed E-state index contributed by atoms with van der Waals surface area (Å²) in [5.74, 6) is 0.220. The molecule has 5 nitrogen and oxygen atoms in total. The number of rotatable bonds is 10. The topological polar surface area (TPSA) is 58.6 Å². The number of nitrogens with one attached hydrogen (secondary N) is 1. The van der Waals surface area contributed by atoms with Crippen molar-refractivity contribution in [3.05, 3.63) is 63.6 Å². The van der Waals surface area contributed by atoms with Crippen LogP contribution < -0.4 is 10.1 Å². The van der Waals surface area contributed by atoms with Gasteiger partial charge < -0.3 is 15.0 Å². The van der Waals surface area contributed by atoms with Crippen molar-refractivity contribution < 1.29 is 14.3 Å². The fraction of sp³-hybridized carbons (Fsp3) is 0.462. The molecule has 0 radical (unpaired) electrons. The van der Waals surface area contributed by atoms with Gasteiger partial charge in [0.25, 0.3) is 5.91 Å². The van der Waals surface area contributed by atoms with Gasteiger partial charge in [-0.3, -0.25) is 9.59 Å². The molecule has 1 fully saturated rings. The van der Waals surface area contributed by atoms with Gasteiger partial charge in [-0.2, -0.15) is 0 Å². The molecule has 2 aromatic rings. The van der Waals surface area contributed by atoms with Gasteiger partial charge in [-0.25, -0.2) is 0 Å². The van der Waals surface area contributed by atoms with Crippen LogP contribution in [0.25, 0.3) is 0 Å². The summed E-state index contributed by atoms with van der Waals surface area (Å²) in [4.78, 5) is 28.0. The van der Waals surface area contributed by atoms with Crippen molar-refractivity contribution >= 4 is 35.0 Å². The molecule has 1 atom stereocenters. The summed E-state index contributed by atoms with van der Waals surface area (Å²) in [6, 6.07) is 12.4. The van der Waals surface area contributed by atoms with E-state index in [9.17, 15) is 9.59 Å². The summed E-state index contributed by atoms with van der Waals surface area (Å²) in [6.07, 6.45) is 5.63. The summed E-state index contributed by atoms with van der Waals surface area (Å²) in [5.41, 5.74) is 1.93. The molecule has 1 saturated carbocycles. The molecule has 7 heteroatoms. The summed E-state index contributed by atoms with van der Waals surface area (Å²) in [7, 11) is 0. The average molecular weight is 491 g/mol. The standard InChI is InChI=1S/C26H32Cl2N2O3/c1-3-18-9-13-22(14-10-18)33-17-25(31)30(16-19-11-12-20(27)15-23(19)28)24(4-2)26(32)29-21-7-5-6-8-21/h9-15,21,24H,3-8,16-17H2,1-2H3,(H,29,32)/t24-/m0/s1. The maximum atomic E-state index is 13.3. The third kappa shape index (κ3) is 7.12. The molecule has 178 valence electrons. The van der Waals surface area contributed by atoms with E-state index in [-0.39, 0.29) is 31.0 Å². The Bertz CT molecular complexity index is 943. The van der Waals surface area contributed by atoms with E-state index in [1.807, 2.05) is 31.2 Å². The number of amides is 2. The Balaban J connectivity index is 1.77. The monoisotopic (exact) mass is 490 g/mol. The van der Waals surface area contributed by atoms with E-state index < -0.39 is 6.04 Å². The fourth-order valence-corrected chi connectivity index (χ4v) is 4.64. The molecule has 0 aliphatic heterocycles. The largest absolute Gasteiger partial charge is 0.484 e. The van der Waals surface area contributed by atoms with Gasteiger partial charge in [0.1, 0.15) is 11.8 Å². The highest BCUT2D eigenvalue weighted by Crippen LogP contribution is 2.24. The van der Waals surface area contributed by atoms with Crippen LogP contribution in [0.5, 0.6) is 5.75 Å². The third-order valence-corrected chi connectivity index (χ3v) is 6.72. The van der Waals surface area contributed by atoms with Gasteiger partial charge in [0, 0.05) is 22.6 Å². The predicted molar refractivity (Wildman–Crippen MR) is 133 cm³/mol. The summed E-state index contributed by atoms with van der Waals surface area (Å²) >= 11 is 12.4. The van der Waals surface area contributed by atoms with E-state index in [0.29, 0.717) is 22.2 Å². The van der Waals surface area contributed by atoms with Gasteiger partial charge in [-0.15, -0.1) is 0 Å². The van der Waals surface area contributed by atoms with E-state index in [1.165, 1.54) is 5.56 Å². The first kappa shape index (κ1) is 25.4. The highest BCUT2D eigenvalue weighted by molar-refractivity contribution is 6.35. The Morgan fingerprint density at radius 2 is 1.79 bits per heavy atom. The Labute approximate surface area is 206 Å². The van der Waals surface area contributed by atoms with Crippen LogP contribution in [0, 0.1) is 0 Å². The highest BCUT2D eigenvalue weighted by atomic mass is 35.5. The molecule has 1 aliphatic rings. The van der Waals surface area contributed by atoms with Crippen LogP contribution in [0.2, 0.25) is 10.0 Å². The van der Waals surface area contributed by atoms with Crippen molar-refractivity contribution in [2.24, 2.45) is 0 Å². The Morgan fingerprint density at radius 3 is 2.39 bits per heavy atom. The maximum Gasteiger partial charge on any atom is 0.261 e. The van der Waals surface area contributed by atoms with Gasteiger partial charge in [0.15, 0.2) is 6.61 Å². The minimum atomic E-state index is -0.615. The molecule has 2 aromatic carbocycles. The quantitative estimate of drug-likeness (QED) is 0.457. The van der Waals surface area contributed by atoms with Crippen LogP contribution in [0.4, 0.5) is 0 Å². The number of carbonyl (C=O) groups excluding carboxylic acids is 2. The van der Waals surface area contributed by atoms with E-state index in [1.54, 1.807) is 23.1 Å². The lowest BCUT2D eigenvalue weighted by Crippen LogP contribution is -2.52. The van der Waals surface area contributed by atoms with Crippen LogP contribution in [0.1, 0.15) is 57.1 Å². The molecule has 33 heavy (non-hydrogen) atoms. The summed E-state index contributed by atoms with van der Waals surface area (Å²) in [5, 5.41) is 4.11. The molecule has 0 bridgehead atoms. The van der Waals surface area contributed by atoms with Crippen molar-refractivity contribution in [3.63, 3.8) is 0 Å². The first-order valence-corrected chi connectivity index (χ1v) is 12.4. The van der Waals surface area contributed by atoms with Gasteiger partial charge in [-0.1, -0.05) is 68.1 Å². The SMILES string of the molecule is CCc1ccc(OCC(=O)N(Cc2ccc(Cl)cc2Cl)[C@@H](CC)C(=O)NC2CCCC2)cc1. The molecule has 0 unspecified atom stereocenters. The molecule has 0 saturated heterocycles. The first-order valence-electron chi connectivity index (χ1n) is 11.7. The first-order chi connectivity index (χ1) is 15.9. The maximum absolute atomic E-state index is 13.3. The van der Waals surface area contributed by atoms with Gasteiger partial charge >= 0.3 is 0 Å². The van der Waals surface area contributed by atoms with E-state index in [2.05, 4.69) is 12.2 Å². The van der Waals surface area contributed by atoms with Crippen molar-refractivity contribution in [3.8, 4) is 5.75 Å². The molecule has 0 spiro atoms. The van der Waals surface area contributed by atoms with Gasteiger partial charge in [0.2, 0.25) is 5.91 Å². The van der Waals surface area contributed by atoms with E-state index in [0.717, 1.165) is 37.7 Å². The molecule has 3 rings (SSSR count). The number of hydrogen-bond donors (Lipinski definition) is 1. The van der Waals surface area contributed by atoms with Crippen LogP contribution in [0.15, 0.2) is 42.5 Å². The molecular weight excluding hydrogens is 459 g/mol. The van der Waals surface area contributed by atoms with Crippen LogP contribution in [-0.2, 0) is 22.6 Å². The molecule has 0 heterocycles. The van der Waals surface area contributed by atoms with Crippen LogP contribution in [-0.4, -0.2) is 35.4 Å². The Hall–Kier alpha value is -2.24. The minimum absolute atomic E-state index is 0.130. The number of ether oxygens (including phenoxy) is 1. The van der Waals surface area contributed by atoms with Crippen molar-refractivity contribution in [2.45, 2.75) is 71.0 Å². The lowest BCUT2D eigenvalue weighted by molar-refractivity contribution is -0.143. The predicted octanol–water partition coefficient (Wildman–Crippen LogP) is 5.80. The zero-order chi connectivity index (χ0) is 23.8. The lowest BCUT2D eigenvalue weighted by atomic mass is 10.1. The number of carbonyl (C=O) groups is 2. The zero-order valence-corrected chi connectivity index (χ0v) is 20.8. The molecule has 2 amide bonds. The second-order valence-corrected chi connectivity index (χ2v) is 9.30. The number of aryl methyl sites for hydroxylation is 1. The Morgan fingerprint density at radius 1 is 1.09 bits per heavy atom. The Kier molecular flexibility index (Phi) is 9.45. The highest BCUT2D eigenvalue weighted by Gasteiger charge is 2.31. The van der Waals surface area contributed by atoms with Crippen LogP contribution >= 0.6 is 23.2 Å². The van der Waals surface area contributed by atoms with Gasteiger partial charge in [0.05, 0.1) is 0 Å². The summed E-state index contributed by atoms with van der Waals surface area (Å²) < 4.78 is 5.77. The number of benzene rings is 2. The van der Waals surface area contributed by atoms with Crippen molar-refractivity contribution in [2.75, 3.05) is 6.61 Å². The van der Waals surface area contributed by atoms with Crippen molar-refractivity contribution in [1.82, 2.24) is 10.2 Å². The lowest BCUT2D eigenvalue weighted by Gasteiger charge is -2.31. The molecule has 1 N–H and O–H groups in total. The van der Waals surface area contributed by atoms with E-state index >= 15 is 0 Å². The minimum Gasteiger partial charge on any atom is -0.484 e. The molecule has 1 aliphatic carbocycles. The third-order valence-electron chi connectivity index (χ3n) is 6.14. The second-order valence-electron chi connectivity index (χ2n) is 8.46. The smallest absolute Gasteiger partial charge is 0.261 e. The average Bonchev–Trinajstić information content (AvgIpc) is 3.32. The van der Waals surface area contributed by atoms with Crippen LogP contribution in [0.3, 0.4) is 0 Å². The van der Waals surface area contributed by atoms with Gasteiger partial charge in [-0.05, 0) is 61.1 Å². The normalized spacial score (nSPS) is 14.7. The number of nitrogens with zero attached hydrogens (tertiary/aromatic N) is 1. The zero-order valence-electron chi connectivity index (χ0n) is 19.3. The second kappa shape index (κ2) is 12.3. The molecule has 0 aromatic heterocycles. The van der Waals surface area contributed by atoms with Crippen molar-refractivity contribution in [1.29, 1.82) is 0 Å². The number of hydrogen-bond acceptors (Lipinski definition) is 3. The summed E-state index contributed by atoms with van der Waals surface area (Å²) in [6.45, 7) is 4.03. The fourth-order valence-electron chi connectivity index (χ4n) is 4.17.